The topological polar surface area (TPSA) is 88.7 Å². The lowest BCUT2D eigenvalue weighted by Gasteiger charge is -2.18. The summed E-state index contributed by atoms with van der Waals surface area (Å²) in [6, 6.07) is 1.20. The minimum absolute atomic E-state index is 0.0828. The minimum Gasteiger partial charge on any atom is -0.449 e. The highest BCUT2D eigenvalue weighted by Gasteiger charge is 2.28. The van der Waals surface area contributed by atoms with Crippen molar-refractivity contribution in [3.8, 4) is 0 Å². The van der Waals surface area contributed by atoms with Gasteiger partial charge >= 0.3 is 12.2 Å². The van der Waals surface area contributed by atoms with Gasteiger partial charge < -0.3 is 14.5 Å². The predicted molar refractivity (Wildman–Crippen MR) is 63.6 cm³/mol. The first-order valence-corrected chi connectivity index (χ1v) is 5.42. The van der Waals surface area contributed by atoms with E-state index in [4.69, 9.17) is 9.47 Å². The number of amides is 2. The molecule has 18 heavy (non-hydrogen) atoms. The maximum atomic E-state index is 11.7. The largest absolute Gasteiger partial charge is 0.449 e. The van der Waals surface area contributed by atoms with Crippen molar-refractivity contribution in [2.45, 2.75) is 13.8 Å². The van der Waals surface area contributed by atoms with Crippen LogP contribution in [0.3, 0.4) is 0 Å². The van der Waals surface area contributed by atoms with Gasteiger partial charge in [0.1, 0.15) is 5.69 Å². The lowest BCUT2D eigenvalue weighted by Crippen LogP contribution is -2.40. The maximum absolute atomic E-state index is 11.7. The molecule has 0 atom stereocenters. The maximum Gasteiger partial charge on any atom is 0.424 e. The number of hydrogen-bond donors (Lipinski definition) is 1. The summed E-state index contributed by atoms with van der Waals surface area (Å²) in [6.45, 7) is 3.35. The SMILES string of the molecule is CCOC(=O)N(C(=O)OCC)c1c[nH]ccc1=O. The number of rotatable bonds is 3. The van der Waals surface area contributed by atoms with E-state index >= 15 is 0 Å². The molecule has 0 aliphatic carbocycles. The van der Waals surface area contributed by atoms with Gasteiger partial charge in [0.25, 0.3) is 0 Å². The van der Waals surface area contributed by atoms with Crippen LogP contribution in [-0.2, 0) is 9.47 Å². The molecule has 0 fully saturated rings. The Bertz CT molecular complexity index is 464. The van der Waals surface area contributed by atoms with Gasteiger partial charge in [0.05, 0.1) is 13.2 Å². The Morgan fingerprint density at radius 3 is 2.22 bits per heavy atom. The molecule has 0 saturated carbocycles. The molecular formula is C11H14N2O5. The first kappa shape index (κ1) is 13.8. The Kier molecular flexibility index (Phi) is 4.91. The van der Waals surface area contributed by atoms with Crippen molar-refractivity contribution in [2.75, 3.05) is 18.1 Å². The fraction of sp³-hybridized carbons (Fsp3) is 0.364. The number of hydrogen-bond acceptors (Lipinski definition) is 5. The van der Waals surface area contributed by atoms with Crippen LogP contribution in [-0.4, -0.2) is 30.4 Å². The summed E-state index contributed by atoms with van der Waals surface area (Å²) in [5.41, 5.74) is -0.635. The first-order valence-electron chi connectivity index (χ1n) is 5.42. The van der Waals surface area contributed by atoms with Crippen LogP contribution in [0.2, 0.25) is 0 Å². The van der Waals surface area contributed by atoms with Gasteiger partial charge in [-0.1, -0.05) is 0 Å². The van der Waals surface area contributed by atoms with Crippen molar-refractivity contribution in [1.29, 1.82) is 0 Å². The van der Waals surface area contributed by atoms with Gasteiger partial charge in [0.2, 0.25) is 5.43 Å². The third-order valence-corrected chi connectivity index (χ3v) is 1.95. The van der Waals surface area contributed by atoms with Crippen LogP contribution < -0.4 is 10.3 Å². The van der Waals surface area contributed by atoms with Crippen molar-refractivity contribution in [3.63, 3.8) is 0 Å². The number of nitrogens with one attached hydrogen (secondary N) is 1. The lowest BCUT2D eigenvalue weighted by atomic mass is 10.4. The van der Waals surface area contributed by atoms with Crippen LogP contribution in [0, 0.1) is 0 Å². The van der Waals surface area contributed by atoms with Gasteiger partial charge in [0, 0.05) is 18.5 Å². The number of imide groups is 1. The van der Waals surface area contributed by atoms with E-state index in [2.05, 4.69) is 4.98 Å². The number of nitrogens with zero attached hydrogens (tertiary/aromatic N) is 1. The fourth-order valence-electron chi connectivity index (χ4n) is 1.23. The van der Waals surface area contributed by atoms with Gasteiger partial charge in [-0.05, 0) is 13.8 Å². The predicted octanol–water partition coefficient (Wildman–Crippen LogP) is 1.49. The third kappa shape index (κ3) is 3.09. The van der Waals surface area contributed by atoms with Crippen LogP contribution in [0.4, 0.5) is 15.3 Å². The van der Waals surface area contributed by atoms with Crippen LogP contribution in [0.25, 0.3) is 0 Å². The molecule has 7 nitrogen and oxygen atoms in total. The van der Waals surface area contributed by atoms with Crippen LogP contribution in [0.1, 0.15) is 13.8 Å². The van der Waals surface area contributed by atoms with E-state index in [1.807, 2.05) is 0 Å². The summed E-state index contributed by atoms with van der Waals surface area (Å²) in [7, 11) is 0. The molecule has 1 N–H and O–H groups in total. The molecule has 1 rings (SSSR count). The molecule has 0 aliphatic heterocycles. The molecule has 1 heterocycles. The number of aromatic nitrogens is 1. The Morgan fingerprint density at radius 1 is 1.22 bits per heavy atom. The van der Waals surface area contributed by atoms with Gasteiger partial charge in [0.15, 0.2) is 0 Å². The number of carbonyl (C=O) groups excluding carboxylic acids is 2. The van der Waals surface area contributed by atoms with Gasteiger partial charge in [-0.25, -0.2) is 9.59 Å². The quantitative estimate of drug-likeness (QED) is 0.882. The van der Waals surface area contributed by atoms with Gasteiger partial charge in [-0.2, -0.15) is 4.90 Å². The van der Waals surface area contributed by atoms with Crippen molar-refractivity contribution < 1.29 is 19.1 Å². The molecule has 0 spiro atoms. The molecule has 98 valence electrons. The second-order valence-electron chi connectivity index (χ2n) is 3.13. The smallest absolute Gasteiger partial charge is 0.424 e. The summed E-state index contributed by atoms with van der Waals surface area (Å²) in [5.74, 6) is 0. The standard InChI is InChI=1S/C11H14N2O5/c1-3-17-10(15)13(11(16)18-4-2)8-7-12-6-5-9(8)14/h5-7H,3-4H2,1-2H3,(H,12,14). The monoisotopic (exact) mass is 254 g/mol. The van der Waals surface area contributed by atoms with Gasteiger partial charge in [-0.15, -0.1) is 0 Å². The second kappa shape index (κ2) is 6.43. The minimum atomic E-state index is -0.951. The zero-order valence-corrected chi connectivity index (χ0v) is 10.1. The fourth-order valence-corrected chi connectivity index (χ4v) is 1.23. The van der Waals surface area contributed by atoms with E-state index in [1.165, 1.54) is 18.5 Å². The molecular weight excluding hydrogens is 240 g/mol. The first-order chi connectivity index (χ1) is 8.61. The van der Waals surface area contributed by atoms with Crippen molar-refractivity contribution in [2.24, 2.45) is 0 Å². The highest BCUT2D eigenvalue weighted by molar-refractivity contribution is 6.09. The van der Waals surface area contributed by atoms with Crippen LogP contribution in [0.5, 0.6) is 0 Å². The van der Waals surface area contributed by atoms with E-state index in [-0.39, 0.29) is 18.9 Å². The Morgan fingerprint density at radius 2 is 1.78 bits per heavy atom. The molecule has 0 bridgehead atoms. The molecule has 7 heteroatoms. The normalized spacial score (nSPS) is 9.67. The molecule has 0 unspecified atom stereocenters. The van der Waals surface area contributed by atoms with E-state index in [0.29, 0.717) is 4.90 Å². The molecule has 0 aliphatic rings. The molecule has 0 saturated heterocycles. The van der Waals surface area contributed by atoms with E-state index in [0.717, 1.165) is 0 Å². The lowest BCUT2D eigenvalue weighted by molar-refractivity contribution is 0.140. The van der Waals surface area contributed by atoms with Crippen molar-refractivity contribution >= 4 is 17.9 Å². The Labute approximate surface area is 103 Å². The molecule has 0 radical (unpaired) electrons. The second-order valence-corrected chi connectivity index (χ2v) is 3.13. The highest BCUT2D eigenvalue weighted by atomic mass is 16.6. The summed E-state index contributed by atoms with van der Waals surface area (Å²) in [5, 5.41) is 0. The van der Waals surface area contributed by atoms with E-state index < -0.39 is 17.6 Å². The number of carbonyl (C=O) groups is 2. The van der Waals surface area contributed by atoms with Crippen molar-refractivity contribution in [1.82, 2.24) is 4.98 Å². The Hall–Kier alpha value is -2.31. The number of H-pyrrole nitrogens is 1. The van der Waals surface area contributed by atoms with E-state index in [1.54, 1.807) is 13.8 Å². The zero-order chi connectivity index (χ0) is 13.5. The van der Waals surface area contributed by atoms with E-state index in [9.17, 15) is 14.4 Å². The summed E-state index contributed by atoms with van der Waals surface area (Å²) >= 11 is 0. The number of anilines is 1. The summed E-state index contributed by atoms with van der Waals surface area (Å²) < 4.78 is 9.43. The number of ether oxygens (including phenoxy) is 2. The summed E-state index contributed by atoms with van der Waals surface area (Å²) in [6.07, 6.45) is 0.719. The molecule has 0 aromatic carbocycles. The van der Waals surface area contributed by atoms with Crippen LogP contribution >= 0.6 is 0 Å². The average molecular weight is 254 g/mol. The van der Waals surface area contributed by atoms with Crippen LogP contribution in [0.15, 0.2) is 23.3 Å². The Balaban J connectivity index is 3.12. The van der Waals surface area contributed by atoms with Gasteiger partial charge in [-0.3, -0.25) is 4.79 Å². The number of aromatic amines is 1. The molecule has 2 amide bonds. The third-order valence-electron chi connectivity index (χ3n) is 1.95. The van der Waals surface area contributed by atoms with Crippen molar-refractivity contribution in [3.05, 3.63) is 28.7 Å². The average Bonchev–Trinajstić information content (AvgIpc) is 2.33. The summed E-state index contributed by atoms with van der Waals surface area (Å²) in [4.78, 5) is 38.1. The molecule has 1 aromatic heterocycles. The molecule has 1 aromatic rings. The zero-order valence-electron chi connectivity index (χ0n) is 10.1. The highest BCUT2D eigenvalue weighted by Crippen LogP contribution is 2.10. The number of pyridine rings is 1.